The van der Waals surface area contributed by atoms with Crippen LogP contribution in [-0.4, -0.2) is 167 Å². The lowest BCUT2D eigenvalue weighted by molar-refractivity contribution is -0.142. The number of pyridine rings is 2. The number of nitrogens with one attached hydrogen (secondary N) is 4. The van der Waals surface area contributed by atoms with E-state index in [4.69, 9.17) is 52.0 Å². The molecule has 6 fully saturated rings. The van der Waals surface area contributed by atoms with E-state index in [1.54, 1.807) is 47.1 Å². The fourth-order valence-electron chi connectivity index (χ4n) is 15.3. The van der Waals surface area contributed by atoms with Crippen molar-refractivity contribution in [2.24, 2.45) is 22.7 Å². The number of fused-ring (bicyclic) bond motifs is 2. The molecule has 110 heavy (non-hydrogen) atoms. The van der Waals surface area contributed by atoms with E-state index in [0.717, 1.165) is 67.9 Å². The van der Waals surface area contributed by atoms with Crippen LogP contribution in [0.3, 0.4) is 0 Å². The number of alkyl carbamates (subject to hydrolysis) is 2. The molecular weight excluding hydrogens is 1450 g/mol. The number of methoxy groups -OCH3 is 2. The molecule has 6 amide bonds. The molecule has 4 aromatic carbocycles. The molecule has 6 aliphatic rings. The predicted octanol–water partition coefficient (Wildman–Crippen LogP) is 14.2. The first-order valence-electron chi connectivity index (χ1n) is 38.2. The van der Waals surface area contributed by atoms with Crippen molar-refractivity contribution in [2.45, 2.75) is 199 Å². The summed E-state index contributed by atoms with van der Waals surface area (Å²) in [6.45, 7) is 23.9. The second-order valence-corrected chi connectivity index (χ2v) is 35.6. The van der Waals surface area contributed by atoms with Gasteiger partial charge in [0.2, 0.25) is 23.6 Å². The van der Waals surface area contributed by atoms with Crippen molar-refractivity contribution in [2.75, 3.05) is 47.1 Å². The number of nitrogens with zero attached hydrogens (tertiary/aromatic N) is 4. The number of carbonyl (C=O) groups is 6. The van der Waals surface area contributed by atoms with Crippen LogP contribution in [0.15, 0.2) is 135 Å². The normalized spacial score (nSPS) is 23.7. The van der Waals surface area contributed by atoms with Gasteiger partial charge in [0.05, 0.1) is 69.6 Å². The van der Waals surface area contributed by atoms with Gasteiger partial charge in [-0.2, -0.15) is 0 Å². The monoisotopic (exact) mass is 1550 g/mol. The van der Waals surface area contributed by atoms with Crippen LogP contribution in [0.25, 0.3) is 44.3 Å². The predicted molar refractivity (Wildman–Crippen MR) is 417 cm³/mol. The van der Waals surface area contributed by atoms with Crippen LogP contribution < -0.4 is 40.2 Å². The van der Waals surface area contributed by atoms with Crippen molar-refractivity contribution >= 4 is 72.8 Å². The van der Waals surface area contributed by atoms with Crippen molar-refractivity contribution in [1.29, 1.82) is 0 Å². The number of amides is 6. The molecule has 592 valence electrons. The fraction of sp³-hybridized carbons (Fsp3) is 0.512. The number of benzene rings is 4. The van der Waals surface area contributed by atoms with E-state index in [0.29, 0.717) is 57.2 Å². The summed E-state index contributed by atoms with van der Waals surface area (Å²) < 4.78 is 80.3. The quantitative estimate of drug-likeness (QED) is 0.0225. The van der Waals surface area contributed by atoms with Crippen molar-refractivity contribution < 1.29 is 84.8 Å². The summed E-state index contributed by atoms with van der Waals surface area (Å²) in [5.41, 5.74) is 2.81. The molecule has 2 aliphatic heterocycles. The Kier molecular flexibility index (Phi) is 25.7. The maximum absolute atomic E-state index is 14.8. The van der Waals surface area contributed by atoms with E-state index in [1.807, 2.05) is 145 Å². The highest BCUT2D eigenvalue weighted by atomic mass is 31.2. The van der Waals surface area contributed by atoms with Crippen LogP contribution in [-0.2, 0) is 51.4 Å². The lowest BCUT2D eigenvalue weighted by atomic mass is 9.85. The van der Waals surface area contributed by atoms with Crippen molar-refractivity contribution in [3.8, 4) is 45.5 Å². The van der Waals surface area contributed by atoms with Crippen LogP contribution >= 0.6 is 15.2 Å². The number of hydrogen-bond acceptors (Lipinski definition) is 19. The molecule has 26 nitrogen and oxygen atoms in total. The molecule has 12 rings (SSSR count). The van der Waals surface area contributed by atoms with Crippen molar-refractivity contribution in [1.82, 2.24) is 41.0 Å². The van der Waals surface area contributed by atoms with E-state index in [1.165, 1.54) is 15.9 Å². The highest BCUT2D eigenvalue weighted by Gasteiger charge is 2.69. The Morgan fingerprint density at radius 2 is 0.936 bits per heavy atom. The first-order valence-corrected chi connectivity index (χ1v) is 41.3. The van der Waals surface area contributed by atoms with Gasteiger partial charge in [-0.15, -0.1) is 13.2 Å². The second kappa shape index (κ2) is 34.4. The zero-order valence-corrected chi connectivity index (χ0v) is 66.6. The molecule has 6 aromatic rings. The summed E-state index contributed by atoms with van der Waals surface area (Å²) >= 11 is 0. The maximum Gasteiger partial charge on any atom is 0.408 e. The Hall–Kier alpha value is -8.90. The van der Waals surface area contributed by atoms with Gasteiger partial charge in [-0.1, -0.05) is 114 Å². The highest BCUT2D eigenvalue weighted by Crippen LogP contribution is 2.73. The Morgan fingerprint density at radius 1 is 0.555 bits per heavy atom. The van der Waals surface area contributed by atoms with Gasteiger partial charge in [0, 0.05) is 70.8 Å². The van der Waals surface area contributed by atoms with Crippen LogP contribution in [0.1, 0.15) is 139 Å². The average Bonchev–Trinajstić information content (AvgIpc) is 1.56. The summed E-state index contributed by atoms with van der Waals surface area (Å²) in [5.74, 6) is -0.773. The van der Waals surface area contributed by atoms with Gasteiger partial charge in [-0.25, -0.2) is 19.6 Å². The summed E-state index contributed by atoms with van der Waals surface area (Å²) in [5, 5.41) is 9.97. The number of ether oxygens (including phenoxy) is 6. The third-order valence-electron chi connectivity index (χ3n) is 21.4. The minimum absolute atomic E-state index is 0.0103. The first-order chi connectivity index (χ1) is 52.4. The standard InChI is InChI=1S/C42H55N4O9P.C40H51N4O9P/c1-8-28-25-42(28,56(50,52-9-2)53-10-3)45-38(47)35-23-31(26-46(35)39(48)37(41(4,5)6)44-40(49)55-29-18-14-15-19-29)54-36-24-33(27-16-12-11-13-17-27)43-34-22-30(51-7)20-21-32(34)36;1-7-26-23-40(26,54(48,49)51-8-2)43-36(45)33-21-29(24-44(33)37(46)35(39(3,4)5)42-38(47)53-27-16-12-13-17-27)52-34-22-31(25-14-10-9-11-15-25)41-32-20-28(50-6)18-19-30(32)34/h8,11-13,16-17,20-22,24,28-29,31,35,37H,1,9-10,14-15,18-19,23,25-26H2,2-7H3,(H,44,49)(H,45,47);7,9-11,14-15,18-20,22,26-27,29,33,35H,1,8,12-13,16-17,21,23-24H2,2-6H3,(H,42,47)(H,43,45)(H,48,49)/t28-,31-,35+,37-,42+;26-,29-,33+,35-,40+/m11/s1. The summed E-state index contributed by atoms with van der Waals surface area (Å²) in [6.07, 6.45) is 7.61. The van der Waals surface area contributed by atoms with Gasteiger partial charge in [-0.3, -0.25) is 28.3 Å². The molecular formula is C82H106N8O18P2. The lowest BCUT2D eigenvalue weighted by Crippen LogP contribution is -2.58. The average molecular weight is 1550 g/mol. The molecule has 28 heteroatoms. The Morgan fingerprint density at radius 3 is 1.29 bits per heavy atom. The minimum Gasteiger partial charge on any atom is -0.497 e. The fourth-order valence-corrected chi connectivity index (χ4v) is 19.5. The Balaban J connectivity index is 0.000000218. The lowest BCUT2D eigenvalue weighted by Gasteiger charge is -2.36. The number of likely N-dealkylation sites (tertiary alicyclic amines) is 2. The first kappa shape index (κ1) is 82.1. The SMILES string of the molecule is C=C[C@@H]1C[C@]1(NC(=O)[C@@H]1C[C@@H](Oc2cc(-c3ccccc3)nc3cc(OC)ccc23)CN1C(=O)[C@@H](NC(=O)OC1CCCC1)C(C)(C)C)P(=O)(O)OCC.C=C[C@@H]1C[C@]1(NC(=O)[C@@H]1C[C@@H](Oc2cc(-c3ccccc3)nc3cc(OC)ccc23)CN1C(=O)[C@@H](NC(=O)OC1CCCC1)C(C)(C)C)P(=O)(OCC)OCC. The summed E-state index contributed by atoms with van der Waals surface area (Å²) in [4.78, 5) is 108. The Labute approximate surface area is 643 Å². The van der Waals surface area contributed by atoms with Crippen molar-refractivity contribution in [3.05, 3.63) is 135 Å². The van der Waals surface area contributed by atoms with Crippen molar-refractivity contribution in [3.63, 3.8) is 0 Å². The van der Waals surface area contributed by atoms with Crippen LogP contribution in [0.5, 0.6) is 23.0 Å². The third kappa shape index (κ3) is 18.2. The van der Waals surface area contributed by atoms with E-state index in [9.17, 15) is 42.8 Å². The van der Waals surface area contributed by atoms with E-state index in [-0.39, 0.29) is 70.3 Å². The number of aromatic nitrogens is 2. The third-order valence-corrected chi connectivity index (χ3v) is 26.4. The highest BCUT2D eigenvalue weighted by molar-refractivity contribution is 7.56. The summed E-state index contributed by atoms with van der Waals surface area (Å²) in [6, 6.07) is 29.7. The van der Waals surface area contributed by atoms with Gasteiger partial charge in [0.1, 0.15) is 82.1 Å². The molecule has 11 atom stereocenters. The minimum atomic E-state index is -4.34. The zero-order chi connectivity index (χ0) is 79.1. The second-order valence-electron chi connectivity index (χ2n) is 31.2. The molecule has 2 saturated heterocycles. The molecule has 4 aliphatic carbocycles. The number of hydrogen-bond donors (Lipinski definition) is 5. The van der Waals surface area contributed by atoms with Gasteiger partial charge >= 0.3 is 27.4 Å². The molecule has 5 N–H and O–H groups in total. The van der Waals surface area contributed by atoms with Crippen LogP contribution in [0, 0.1) is 22.7 Å². The number of carbonyl (C=O) groups excluding carboxylic acids is 6. The molecule has 1 unspecified atom stereocenters. The van der Waals surface area contributed by atoms with Gasteiger partial charge in [0.25, 0.3) is 0 Å². The van der Waals surface area contributed by atoms with E-state index >= 15 is 0 Å². The van der Waals surface area contributed by atoms with Gasteiger partial charge < -0.3 is 78.0 Å². The Bertz CT molecular complexity index is 4440. The molecule has 4 saturated carbocycles. The zero-order valence-electron chi connectivity index (χ0n) is 64.8. The van der Waals surface area contributed by atoms with Gasteiger partial charge in [0.15, 0.2) is 0 Å². The molecule has 4 heterocycles. The molecule has 0 spiro atoms. The maximum atomic E-state index is 14.8. The van der Waals surface area contributed by atoms with Crippen LogP contribution in [0.2, 0.25) is 0 Å². The molecule has 0 bridgehead atoms. The smallest absolute Gasteiger partial charge is 0.408 e. The van der Waals surface area contributed by atoms with E-state index in [2.05, 4.69) is 34.4 Å². The van der Waals surface area contributed by atoms with Crippen LogP contribution in [0.4, 0.5) is 9.59 Å². The topological polar surface area (TPSA) is 320 Å². The molecule has 0 radical (unpaired) electrons. The summed E-state index contributed by atoms with van der Waals surface area (Å²) in [7, 11) is -5.04. The molecule has 2 aromatic heterocycles. The largest absolute Gasteiger partial charge is 0.497 e. The van der Waals surface area contributed by atoms with E-state index < -0.39 is 115 Å². The van der Waals surface area contributed by atoms with Gasteiger partial charge in [-0.05, 0) is 120 Å². The number of rotatable bonds is 28.